The number of piperazine rings is 1. The predicted octanol–water partition coefficient (Wildman–Crippen LogP) is 3.67. The van der Waals surface area contributed by atoms with Crippen LogP contribution in [0.5, 0.6) is 0 Å². The lowest BCUT2D eigenvalue weighted by atomic mass is 9.95. The summed E-state index contributed by atoms with van der Waals surface area (Å²) in [5.74, 6) is -0.0766. The summed E-state index contributed by atoms with van der Waals surface area (Å²) in [5, 5.41) is 0. The molecule has 0 aliphatic carbocycles. The maximum absolute atomic E-state index is 13.0. The number of hydrogen-bond donors (Lipinski definition) is 0. The fourth-order valence-corrected chi connectivity index (χ4v) is 3.30. The molecule has 0 spiro atoms. The van der Waals surface area contributed by atoms with Crippen molar-refractivity contribution < 1.29 is 9.18 Å². The Morgan fingerprint density at radius 1 is 1.00 bits per heavy atom. The van der Waals surface area contributed by atoms with Gasteiger partial charge in [0.15, 0.2) is 0 Å². The standard InChI is InChI=1S/C20H23FN2O/c1-2-19(16-6-4-3-5-7-16)20(24)23-14-12-22(13-15-23)18-10-8-17(21)9-11-18/h3-11,19H,2,12-15H2,1H3/t19-/m1/s1. The van der Waals surface area contributed by atoms with Gasteiger partial charge in [-0.2, -0.15) is 0 Å². The third kappa shape index (κ3) is 3.58. The second-order valence-corrected chi connectivity index (χ2v) is 6.16. The minimum absolute atomic E-state index is 0.0661. The van der Waals surface area contributed by atoms with Gasteiger partial charge < -0.3 is 9.80 Å². The Hall–Kier alpha value is -2.36. The average molecular weight is 326 g/mol. The number of anilines is 1. The number of carbonyl (C=O) groups is 1. The number of nitrogens with zero attached hydrogens (tertiary/aromatic N) is 2. The summed E-state index contributed by atoms with van der Waals surface area (Å²) in [6.45, 7) is 5.04. The molecular formula is C20H23FN2O. The maximum Gasteiger partial charge on any atom is 0.230 e. The summed E-state index contributed by atoms with van der Waals surface area (Å²) in [6, 6.07) is 16.6. The summed E-state index contributed by atoms with van der Waals surface area (Å²) in [5.41, 5.74) is 2.10. The van der Waals surface area contributed by atoms with E-state index in [-0.39, 0.29) is 17.6 Å². The van der Waals surface area contributed by atoms with Crippen molar-refractivity contribution in [1.82, 2.24) is 4.90 Å². The Kier molecular flexibility index (Phi) is 5.14. The van der Waals surface area contributed by atoms with E-state index in [9.17, 15) is 9.18 Å². The third-order valence-corrected chi connectivity index (χ3v) is 4.69. The first-order valence-electron chi connectivity index (χ1n) is 8.53. The molecule has 1 aliphatic heterocycles. The molecule has 1 saturated heterocycles. The van der Waals surface area contributed by atoms with Crippen molar-refractivity contribution in [1.29, 1.82) is 0 Å². The molecule has 126 valence electrons. The van der Waals surface area contributed by atoms with Crippen LogP contribution >= 0.6 is 0 Å². The van der Waals surface area contributed by atoms with Gasteiger partial charge in [-0.15, -0.1) is 0 Å². The Balaban J connectivity index is 1.63. The van der Waals surface area contributed by atoms with Crippen LogP contribution in [-0.4, -0.2) is 37.0 Å². The quantitative estimate of drug-likeness (QED) is 0.856. The van der Waals surface area contributed by atoms with Crippen molar-refractivity contribution >= 4 is 11.6 Å². The van der Waals surface area contributed by atoms with Gasteiger partial charge in [0.25, 0.3) is 0 Å². The van der Waals surface area contributed by atoms with Gasteiger partial charge in [-0.05, 0) is 36.2 Å². The van der Waals surface area contributed by atoms with E-state index < -0.39 is 0 Å². The van der Waals surface area contributed by atoms with Crippen LogP contribution in [0.25, 0.3) is 0 Å². The van der Waals surface area contributed by atoms with Gasteiger partial charge in [0.2, 0.25) is 5.91 Å². The smallest absolute Gasteiger partial charge is 0.230 e. The molecule has 2 aromatic carbocycles. The van der Waals surface area contributed by atoms with Gasteiger partial charge in [0.1, 0.15) is 5.82 Å². The van der Waals surface area contributed by atoms with E-state index >= 15 is 0 Å². The molecule has 24 heavy (non-hydrogen) atoms. The van der Waals surface area contributed by atoms with E-state index in [1.54, 1.807) is 12.1 Å². The summed E-state index contributed by atoms with van der Waals surface area (Å²) in [4.78, 5) is 17.0. The van der Waals surface area contributed by atoms with E-state index in [0.29, 0.717) is 13.1 Å². The Bertz CT molecular complexity index is 664. The minimum atomic E-state index is -0.221. The zero-order chi connectivity index (χ0) is 16.9. The molecule has 4 heteroatoms. The molecule has 3 rings (SSSR count). The Morgan fingerprint density at radius 2 is 1.62 bits per heavy atom. The minimum Gasteiger partial charge on any atom is -0.368 e. The van der Waals surface area contributed by atoms with Crippen LogP contribution in [0.3, 0.4) is 0 Å². The van der Waals surface area contributed by atoms with E-state index in [4.69, 9.17) is 0 Å². The molecule has 3 nitrogen and oxygen atoms in total. The maximum atomic E-state index is 13.0. The molecule has 0 N–H and O–H groups in total. The van der Waals surface area contributed by atoms with Crippen molar-refractivity contribution in [3.63, 3.8) is 0 Å². The highest BCUT2D eigenvalue weighted by Gasteiger charge is 2.27. The zero-order valence-electron chi connectivity index (χ0n) is 14.0. The lowest BCUT2D eigenvalue weighted by Crippen LogP contribution is -2.50. The summed E-state index contributed by atoms with van der Waals surface area (Å²) in [7, 11) is 0. The Morgan fingerprint density at radius 3 is 2.21 bits per heavy atom. The van der Waals surface area contributed by atoms with Crippen LogP contribution in [0, 0.1) is 5.82 Å². The summed E-state index contributed by atoms with van der Waals surface area (Å²) >= 11 is 0. The molecule has 0 radical (unpaired) electrons. The lowest BCUT2D eigenvalue weighted by molar-refractivity contribution is -0.133. The van der Waals surface area contributed by atoms with Gasteiger partial charge in [-0.25, -0.2) is 4.39 Å². The second kappa shape index (κ2) is 7.47. The van der Waals surface area contributed by atoms with E-state index in [1.165, 1.54) is 12.1 Å². The molecule has 0 unspecified atom stereocenters. The van der Waals surface area contributed by atoms with Crippen molar-refractivity contribution in [3.05, 3.63) is 66.0 Å². The third-order valence-electron chi connectivity index (χ3n) is 4.69. The largest absolute Gasteiger partial charge is 0.368 e. The monoisotopic (exact) mass is 326 g/mol. The molecule has 1 amide bonds. The normalized spacial score (nSPS) is 16.1. The highest BCUT2D eigenvalue weighted by Crippen LogP contribution is 2.24. The first-order chi connectivity index (χ1) is 11.7. The number of carbonyl (C=O) groups excluding carboxylic acids is 1. The van der Waals surface area contributed by atoms with Crippen LogP contribution < -0.4 is 4.90 Å². The van der Waals surface area contributed by atoms with Crippen molar-refractivity contribution in [2.24, 2.45) is 0 Å². The number of rotatable bonds is 4. The fourth-order valence-electron chi connectivity index (χ4n) is 3.30. The molecular weight excluding hydrogens is 303 g/mol. The van der Waals surface area contributed by atoms with Gasteiger partial charge in [-0.1, -0.05) is 37.3 Å². The fraction of sp³-hybridized carbons (Fsp3) is 0.350. The van der Waals surface area contributed by atoms with Crippen molar-refractivity contribution in [2.45, 2.75) is 19.3 Å². The highest BCUT2D eigenvalue weighted by atomic mass is 19.1. The number of amides is 1. The summed E-state index contributed by atoms with van der Waals surface area (Å²) in [6.07, 6.45) is 0.807. The van der Waals surface area contributed by atoms with Crippen LogP contribution in [0.4, 0.5) is 10.1 Å². The molecule has 2 aromatic rings. The lowest BCUT2D eigenvalue weighted by Gasteiger charge is -2.37. The van der Waals surface area contributed by atoms with Gasteiger partial charge in [-0.3, -0.25) is 4.79 Å². The topological polar surface area (TPSA) is 23.6 Å². The van der Waals surface area contributed by atoms with Gasteiger partial charge in [0, 0.05) is 31.9 Å². The van der Waals surface area contributed by atoms with Crippen LogP contribution in [0.15, 0.2) is 54.6 Å². The molecule has 0 bridgehead atoms. The molecule has 1 atom stereocenters. The number of halogens is 1. The predicted molar refractivity (Wildman–Crippen MR) is 94.7 cm³/mol. The van der Waals surface area contributed by atoms with E-state index in [2.05, 4.69) is 11.8 Å². The van der Waals surface area contributed by atoms with Crippen LogP contribution in [0.2, 0.25) is 0 Å². The summed E-state index contributed by atoms with van der Waals surface area (Å²) < 4.78 is 13.0. The first kappa shape index (κ1) is 16.5. The molecule has 0 aromatic heterocycles. The number of hydrogen-bond acceptors (Lipinski definition) is 2. The van der Waals surface area contributed by atoms with E-state index in [1.807, 2.05) is 35.2 Å². The first-order valence-corrected chi connectivity index (χ1v) is 8.53. The highest BCUT2D eigenvalue weighted by molar-refractivity contribution is 5.84. The molecule has 1 heterocycles. The van der Waals surface area contributed by atoms with E-state index in [0.717, 1.165) is 30.8 Å². The van der Waals surface area contributed by atoms with Crippen molar-refractivity contribution in [2.75, 3.05) is 31.1 Å². The SMILES string of the molecule is CC[C@@H](C(=O)N1CCN(c2ccc(F)cc2)CC1)c1ccccc1. The average Bonchev–Trinajstić information content (AvgIpc) is 2.64. The van der Waals surface area contributed by atoms with Crippen LogP contribution in [-0.2, 0) is 4.79 Å². The zero-order valence-corrected chi connectivity index (χ0v) is 14.0. The second-order valence-electron chi connectivity index (χ2n) is 6.16. The number of benzene rings is 2. The van der Waals surface area contributed by atoms with Gasteiger partial charge in [0.05, 0.1) is 5.92 Å². The molecule has 0 saturated carbocycles. The molecule has 1 fully saturated rings. The van der Waals surface area contributed by atoms with Gasteiger partial charge >= 0.3 is 0 Å². The van der Waals surface area contributed by atoms with Crippen LogP contribution in [0.1, 0.15) is 24.8 Å². The van der Waals surface area contributed by atoms with Crippen molar-refractivity contribution in [3.8, 4) is 0 Å². The Labute approximate surface area is 142 Å². The molecule has 1 aliphatic rings.